The van der Waals surface area contributed by atoms with E-state index in [0.29, 0.717) is 6.04 Å². The molecule has 2 bridgehead atoms. The van der Waals surface area contributed by atoms with E-state index in [-0.39, 0.29) is 5.38 Å². The first-order valence-electron chi connectivity index (χ1n) is 7.61. The first-order chi connectivity index (χ1) is 9.56. The molecule has 108 valence electrons. The molecule has 4 unspecified atom stereocenters. The molecule has 2 fully saturated rings. The molecule has 2 aliphatic rings. The Morgan fingerprint density at radius 3 is 2.70 bits per heavy atom. The second-order valence-electron chi connectivity index (χ2n) is 6.58. The molecular weight excluding hydrogens is 272 g/mol. The summed E-state index contributed by atoms with van der Waals surface area (Å²) in [6.45, 7) is 4.05. The van der Waals surface area contributed by atoms with Gasteiger partial charge >= 0.3 is 0 Å². The minimum atomic E-state index is -0.0547. The molecule has 0 N–H and O–H groups in total. The van der Waals surface area contributed by atoms with Crippen LogP contribution in [0.3, 0.4) is 0 Å². The molecule has 2 saturated carbocycles. The lowest BCUT2D eigenvalue weighted by atomic mass is 9.95. The van der Waals surface area contributed by atoms with E-state index in [1.54, 1.807) is 0 Å². The van der Waals surface area contributed by atoms with Gasteiger partial charge in [-0.1, -0.05) is 6.42 Å². The number of alkyl halides is 1. The molecule has 2 heterocycles. The highest BCUT2D eigenvalue weighted by Crippen LogP contribution is 2.52. The molecule has 4 atom stereocenters. The maximum Gasteiger partial charge on any atom is 0.158 e. The number of imidazole rings is 1. The molecule has 0 aliphatic heterocycles. The Hall–Kier alpha value is -1.03. The van der Waals surface area contributed by atoms with Crippen LogP contribution in [0.5, 0.6) is 0 Å². The fourth-order valence-corrected chi connectivity index (χ4v) is 4.60. The second-order valence-corrected chi connectivity index (χ2v) is 7.23. The van der Waals surface area contributed by atoms with Crippen LogP contribution in [-0.2, 0) is 7.05 Å². The molecule has 2 aromatic rings. The Labute approximate surface area is 124 Å². The van der Waals surface area contributed by atoms with E-state index in [9.17, 15) is 0 Å². The van der Waals surface area contributed by atoms with Crippen molar-refractivity contribution in [1.29, 1.82) is 0 Å². The first kappa shape index (κ1) is 12.7. The van der Waals surface area contributed by atoms with Crippen LogP contribution in [0.1, 0.15) is 55.5 Å². The van der Waals surface area contributed by atoms with Crippen LogP contribution in [0.15, 0.2) is 0 Å². The van der Waals surface area contributed by atoms with Crippen LogP contribution >= 0.6 is 11.6 Å². The van der Waals surface area contributed by atoms with Crippen LogP contribution in [0, 0.1) is 18.8 Å². The molecule has 4 rings (SSSR count). The van der Waals surface area contributed by atoms with Gasteiger partial charge in [-0.05, 0) is 44.9 Å². The molecule has 0 radical (unpaired) electrons. The average Bonchev–Trinajstić information content (AvgIpc) is 3.12. The predicted molar refractivity (Wildman–Crippen MR) is 80.0 cm³/mol. The Morgan fingerprint density at radius 1 is 1.30 bits per heavy atom. The zero-order valence-electron chi connectivity index (χ0n) is 12.3. The normalized spacial score (nSPS) is 30.5. The summed E-state index contributed by atoms with van der Waals surface area (Å²) in [4.78, 5) is 4.81. The van der Waals surface area contributed by atoms with Crippen molar-refractivity contribution in [2.45, 2.75) is 50.9 Å². The lowest BCUT2D eigenvalue weighted by Crippen LogP contribution is -2.20. The maximum absolute atomic E-state index is 6.41. The van der Waals surface area contributed by atoms with Crippen LogP contribution in [0.25, 0.3) is 11.2 Å². The summed E-state index contributed by atoms with van der Waals surface area (Å²) < 4.78 is 4.39. The molecule has 2 aromatic heterocycles. The zero-order valence-corrected chi connectivity index (χ0v) is 13.1. The van der Waals surface area contributed by atoms with Gasteiger partial charge in [0.25, 0.3) is 0 Å². The third-order valence-corrected chi connectivity index (χ3v) is 5.45. The van der Waals surface area contributed by atoms with Crippen molar-refractivity contribution in [2.75, 3.05) is 0 Å². The fraction of sp³-hybridized carbons (Fsp3) is 0.733. The number of hydrogen-bond acceptors (Lipinski definition) is 2. The highest BCUT2D eigenvalue weighted by Gasteiger charge is 2.42. The smallest absolute Gasteiger partial charge is 0.158 e. The van der Waals surface area contributed by atoms with Gasteiger partial charge in [-0.3, -0.25) is 4.68 Å². The molecule has 4 nitrogen and oxygen atoms in total. The molecular formula is C15H21ClN4. The van der Waals surface area contributed by atoms with Gasteiger partial charge in [-0.2, -0.15) is 5.10 Å². The number of aromatic nitrogens is 4. The van der Waals surface area contributed by atoms with Gasteiger partial charge in [0.2, 0.25) is 0 Å². The topological polar surface area (TPSA) is 35.6 Å². The average molecular weight is 293 g/mol. The number of halogens is 1. The molecule has 0 aromatic carbocycles. The van der Waals surface area contributed by atoms with Gasteiger partial charge < -0.3 is 4.57 Å². The van der Waals surface area contributed by atoms with Crippen molar-refractivity contribution >= 4 is 22.8 Å². The summed E-state index contributed by atoms with van der Waals surface area (Å²) in [5.74, 6) is 2.74. The predicted octanol–water partition coefficient (Wildman–Crippen LogP) is 3.74. The van der Waals surface area contributed by atoms with E-state index in [1.165, 1.54) is 25.7 Å². The molecule has 20 heavy (non-hydrogen) atoms. The van der Waals surface area contributed by atoms with E-state index < -0.39 is 0 Å². The summed E-state index contributed by atoms with van der Waals surface area (Å²) in [6.07, 6.45) is 5.45. The van der Waals surface area contributed by atoms with Crippen molar-refractivity contribution in [3.05, 3.63) is 11.5 Å². The van der Waals surface area contributed by atoms with Crippen molar-refractivity contribution in [1.82, 2.24) is 19.3 Å². The van der Waals surface area contributed by atoms with E-state index in [0.717, 1.165) is 34.5 Å². The monoisotopic (exact) mass is 292 g/mol. The van der Waals surface area contributed by atoms with E-state index in [4.69, 9.17) is 16.6 Å². The van der Waals surface area contributed by atoms with Crippen LogP contribution < -0.4 is 0 Å². The fourth-order valence-electron chi connectivity index (χ4n) is 4.45. The van der Waals surface area contributed by atoms with Gasteiger partial charge in [-0.25, -0.2) is 4.98 Å². The maximum atomic E-state index is 6.41. The molecule has 0 saturated heterocycles. The number of aryl methyl sites for hydroxylation is 2. The van der Waals surface area contributed by atoms with Crippen LogP contribution in [-0.4, -0.2) is 19.3 Å². The van der Waals surface area contributed by atoms with Gasteiger partial charge in [0.15, 0.2) is 5.65 Å². The van der Waals surface area contributed by atoms with Crippen molar-refractivity contribution in [3.8, 4) is 0 Å². The summed E-state index contributed by atoms with van der Waals surface area (Å²) in [6, 6.07) is 0.574. The van der Waals surface area contributed by atoms with Crippen molar-refractivity contribution in [3.63, 3.8) is 0 Å². The summed E-state index contributed by atoms with van der Waals surface area (Å²) in [5, 5.41) is 4.48. The lowest BCUT2D eigenvalue weighted by molar-refractivity contribution is 0.326. The minimum absolute atomic E-state index is 0.0547. The van der Waals surface area contributed by atoms with Crippen molar-refractivity contribution in [2.24, 2.45) is 18.9 Å². The number of fused-ring (bicyclic) bond motifs is 3. The van der Waals surface area contributed by atoms with Crippen LogP contribution in [0.4, 0.5) is 0 Å². The number of hydrogen-bond donors (Lipinski definition) is 0. The molecule has 2 aliphatic carbocycles. The number of nitrogens with zero attached hydrogens (tertiary/aromatic N) is 4. The molecule has 0 amide bonds. The third-order valence-electron chi connectivity index (χ3n) is 5.25. The van der Waals surface area contributed by atoms with Gasteiger partial charge in [-0.15, -0.1) is 11.6 Å². The molecule has 5 heteroatoms. The Morgan fingerprint density at radius 2 is 2.10 bits per heavy atom. The second kappa shape index (κ2) is 4.23. The summed E-state index contributed by atoms with van der Waals surface area (Å²) in [5.41, 5.74) is 3.18. The Bertz CT molecular complexity index is 669. The van der Waals surface area contributed by atoms with E-state index in [2.05, 4.69) is 9.67 Å². The third kappa shape index (κ3) is 1.60. The van der Waals surface area contributed by atoms with E-state index in [1.807, 2.05) is 25.6 Å². The Balaban J connectivity index is 1.93. The first-order valence-corrected chi connectivity index (χ1v) is 8.05. The standard InChI is InChI=1S/C15H21ClN4/c1-8(16)14-17-13-9(2)18-19(3)15(13)20(14)12-7-10-4-5-11(12)6-10/h8,10-12H,4-7H2,1-3H3. The summed E-state index contributed by atoms with van der Waals surface area (Å²) in [7, 11) is 2.02. The van der Waals surface area contributed by atoms with Crippen LogP contribution in [0.2, 0.25) is 0 Å². The highest BCUT2D eigenvalue weighted by molar-refractivity contribution is 6.20. The minimum Gasteiger partial charge on any atom is -0.308 e. The molecule has 0 spiro atoms. The summed E-state index contributed by atoms with van der Waals surface area (Å²) >= 11 is 6.41. The SMILES string of the molecule is Cc1nn(C)c2c1nc(C(C)Cl)n2C1CC2CCC1C2. The van der Waals surface area contributed by atoms with Gasteiger partial charge in [0.1, 0.15) is 11.3 Å². The number of rotatable bonds is 2. The van der Waals surface area contributed by atoms with Crippen molar-refractivity contribution < 1.29 is 0 Å². The lowest BCUT2D eigenvalue weighted by Gasteiger charge is -2.26. The largest absolute Gasteiger partial charge is 0.308 e. The zero-order chi connectivity index (χ0) is 14.0. The van der Waals surface area contributed by atoms with Gasteiger partial charge in [0.05, 0.1) is 11.1 Å². The van der Waals surface area contributed by atoms with Gasteiger partial charge in [0, 0.05) is 13.1 Å². The highest BCUT2D eigenvalue weighted by atomic mass is 35.5. The Kier molecular flexibility index (Phi) is 2.69. The quantitative estimate of drug-likeness (QED) is 0.791. The van der Waals surface area contributed by atoms with E-state index >= 15 is 0 Å².